The standard InChI is InChI=1S/C16H18ClN3O2/c1-11-4-6-12(7-5-11)15-18-16(22-19-15)13-3-2-8-20(10-13)14(21)9-17/h4-7,13H,2-3,8-10H2,1H3. The van der Waals surface area contributed by atoms with E-state index in [1.165, 1.54) is 5.56 Å². The second-order valence-electron chi connectivity index (χ2n) is 5.63. The summed E-state index contributed by atoms with van der Waals surface area (Å²) >= 11 is 5.63. The van der Waals surface area contributed by atoms with Crippen molar-refractivity contribution >= 4 is 17.5 Å². The molecule has 1 aliphatic rings. The Morgan fingerprint density at radius 3 is 2.91 bits per heavy atom. The van der Waals surface area contributed by atoms with Crippen LogP contribution in [0, 0.1) is 6.92 Å². The Balaban J connectivity index is 1.75. The van der Waals surface area contributed by atoms with E-state index in [9.17, 15) is 4.79 Å². The van der Waals surface area contributed by atoms with E-state index in [2.05, 4.69) is 10.1 Å². The van der Waals surface area contributed by atoms with Gasteiger partial charge in [-0.1, -0.05) is 35.0 Å². The molecule has 1 unspecified atom stereocenters. The first kappa shape index (κ1) is 15.0. The monoisotopic (exact) mass is 319 g/mol. The maximum absolute atomic E-state index is 11.7. The van der Waals surface area contributed by atoms with Gasteiger partial charge in [0, 0.05) is 18.7 Å². The summed E-state index contributed by atoms with van der Waals surface area (Å²) in [6, 6.07) is 8.00. The Hall–Kier alpha value is -1.88. The van der Waals surface area contributed by atoms with Crippen molar-refractivity contribution in [3.05, 3.63) is 35.7 Å². The molecule has 0 saturated carbocycles. The maximum atomic E-state index is 11.7. The van der Waals surface area contributed by atoms with Crippen LogP contribution in [0.25, 0.3) is 11.4 Å². The number of nitrogens with zero attached hydrogens (tertiary/aromatic N) is 3. The van der Waals surface area contributed by atoms with Crippen LogP contribution in [-0.2, 0) is 4.79 Å². The molecule has 2 heterocycles. The maximum Gasteiger partial charge on any atom is 0.237 e. The first-order valence-electron chi connectivity index (χ1n) is 7.42. The predicted molar refractivity (Wildman–Crippen MR) is 83.7 cm³/mol. The molecule has 0 spiro atoms. The minimum atomic E-state index is -0.0374. The molecule has 1 amide bonds. The van der Waals surface area contributed by atoms with Crippen molar-refractivity contribution in [3.8, 4) is 11.4 Å². The molecule has 1 aromatic heterocycles. The van der Waals surface area contributed by atoms with E-state index in [-0.39, 0.29) is 17.7 Å². The molecule has 2 aromatic rings. The molecule has 0 N–H and O–H groups in total. The molecule has 1 aliphatic heterocycles. The second kappa shape index (κ2) is 6.48. The van der Waals surface area contributed by atoms with Crippen molar-refractivity contribution in [1.29, 1.82) is 0 Å². The summed E-state index contributed by atoms with van der Waals surface area (Å²) < 4.78 is 5.42. The van der Waals surface area contributed by atoms with Gasteiger partial charge in [0.2, 0.25) is 17.6 Å². The first-order valence-corrected chi connectivity index (χ1v) is 7.95. The van der Waals surface area contributed by atoms with E-state index >= 15 is 0 Å². The average molecular weight is 320 g/mol. The van der Waals surface area contributed by atoms with Crippen LogP contribution in [0.15, 0.2) is 28.8 Å². The molecule has 0 bridgehead atoms. The van der Waals surface area contributed by atoms with Crippen LogP contribution in [0.1, 0.15) is 30.2 Å². The number of carbonyl (C=O) groups is 1. The van der Waals surface area contributed by atoms with Crippen LogP contribution in [0.4, 0.5) is 0 Å². The number of aromatic nitrogens is 2. The third kappa shape index (κ3) is 3.14. The summed E-state index contributed by atoms with van der Waals surface area (Å²) in [6.45, 7) is 3.39. The third-order valence-electron chi connectivity index (χ3n) is 3.99. The lowest BCUT2D eigenvalue weighted by atomic mass is 9.98. The van der Waals surface area contributed by atoms with E-state index < -0.39 is 0 Å². The number of rotatable bonds is 3. The lowest BCUT2D eigenvalue weighted by Crippen LogP contribution is -2.39. The molecule has 1 atom stereocenters. The molecule has 0 aliphatic carbocycles. The van der Waals surface area contributed by atoms with Crippen LogP contribution >= 0.6 is 11.6 Å². The van der Waals surface area contributed by atoms with E-state index in [0.717, 1.165) is 24.9 Å². The molecule has 116 valence electrons. The van der Waals surface area contributed by atoms with Gasteiger partial charge in [-0.05, 0) is 19.8 Å². The van der Waals surface area contributed by atoms with Gasteiger partial charge in [0.1, 0.15) is 5.88 Å². The molecule has 5 nitrogen and oxygen atoms in total. The molecular formula is C16H18ClN3O2. The zero-order chi connectivity index (χ0) is 15.5. The van der Waals surface area contributed by atoms with Gasteiger partial charge in [-0.3, -0.25) is 4.79 Å². The number of aryl methyl sites for hydroxylation is 1. The number of amides is 1. The Bertz CT molecular complexity index is 654. The molecule has 0 radical (unpaired) electrons. The van der Waals surface area contributed by atoms with E-state index in [0.29, 0.717) is 18.3 Å². The first-order chi connectivity index (χ1) is 10.7. The largest absolute Gasteiger partial charge is 0.341 e. The predicted octanol–water partition coefficient (Wildman–Crippen LogP) is 2.99. The van der Waals surface area contributed by atoms with Gasteiger partial charge in [0.25, 0.3) is 0 Å². The van der Waals surface area contributed by atoms with Crippen LogP contribution in [-0.4, -0.2) is 39.9 Å². The van der Waals surface area contributed by atoms with Crippen molar-refractivity contribution in [1.82, 2.24) is 15.0 Å². The zero-order valence-electron chi connectivity index (χ0n) is 12.5. The summed E-state index contributed by atoms with van der Waals surface area (Å²) in [5, 5.41) is 4.07. The number of hydrogen-bond donors (Lipinski definition) is 0. The summed E-state index contributed by atoms with van der Waals surface area (Å²) in [7, 11) is 0. The highest BCUT2D eigenvalue weighted by Crippen LogP contribution is 2.27. The summed E-state index contributed by atoms with van der Waals surface area (Å²) in [4.78, 5) is 18.0. The molecule has 3 rings (SSSR count). The van der Waals surface area contributed by atoms with Gasteiger partial charge in [-0.25, -0.2) is 0 Å². The van der Waals surface area contributed by atoms with Crippen LogP contribution < -0.4 is 0 Å². The summed E-state index contributed by atoms with van der Waals surface area (Å²) in [5.41, 5.74) is 2.13. The number of halogens is 1. The van der Waals surface area contributed by atoms with Gasteiger partial charge in [0.05, 0.1) is 5.92 Å². The highest BCUT2D eigenvalue weighted by Gasteiger charge is 2.28. The Kier molecular flexibility index (Phi) is 4.43. The SMILES string of the molecule is Cc1ccc(-c2noc(C3CCCN(C(=O)CCl)C3)n2)cc1. The lowest BCUT2D eigenvalue weighted by molar-refractivity contribution is -0.129. The highest BCUT2D eigenvalue weighted by atomic mass is 35.5. The van der Waals surface area contributed by atoms with Gasteiger partial charge < -0.3 is 9.42 Å². The van der Waals surface area contributed by atoms with E-state index in [4.69, 9.17) is 16.1 Å². The topological polar surface area (TPSA) is 59.2 Å². The molecular weight excluding hydrogens is 302 g/mol. The highest BCUT2D eigenvalue weighted by molar-refractivity contribution is 6.27. The number of piperidine rings is 1. The van der Waals surface area contributed by atoms with Crippen molar-refractivity contribution in [3.63, 3.8) is 0 Å². The smallest absolute Gasteiger partial charge is 0.237 e. The van der Waals surface area contributed by atoms with Gasteiger partial charge in [-0.2, -0.15) is 4.98 Å². The molecule has 1 fully saturated rings. The van der Waals surface area contributed by atoms with Crippen molar-refractivity contribution in [2.45, 2.75) is 25.7 Å². The molecule has 1 saturated heterocycles. The minimum Gasteiger partial charge on any atom is -0.341 e. The van der Waals surface area contributed by atoms with E-state index in [1.54, 1.807) is 4.90 Å². The van der Waals surface area contributed by atoms with Crippen LogP contribution in [0.5, 0.6) is 0 Å². The number of hydrogen-bond acceptors (Lipinski definition) is 4. The van der Waals surface area contributed by atoms with Gasteiger partial charge >= 0.3 is 0 Å². The summed E-state index contributed by atoms with van der Waals surface area (Å²) in [5.74, 6) is 1.27. The number of benzene rings is 1. The Morgan fingerprint density at radius 2 is 2.18 bits per heavy atom. The number of likely N-dealkylation sites (tertiary alicyclic amines) is 1. The fourth-order valence-electron chi connectivity index (χ4n) is 2.71. The molecule has 1 aromatic carbocycles. The lowest BCUT2D eigenvalue weighted by Gasteiger charge is -2.30. The normalized spacial score (nSPS) is 18.5. The van der Waals surface area contributed by atoms with E-state index in [1.807, 2.05) is 31.2 Å². The van der Waals surface area contributed by atoms with Crippen molar-refractivity contribution < 1.29 is 9.32 Å². The van der Waals surface area contributed by atoms with Crippen molar-refractivity contribution in [2.24, 2.45) is 0 Å². The second-order valence-corrected chi connectivity index (χ2v) is 5.90. The molecule has 22 heavy (non-hydrogen) atoms. The average Bonchev–Trinajstić information content (AvgIpc) is 3.05. The fourth-order valence-corrected chi connectivity index (χ4v) is 2.88. The van der Waals surface area contributed by atoms with Crippen molar-refractivity contribution in [2.75, 3.05) is 19.0 Å². The third-order valence-corrected chi connectivity index (χ3v) is 4.22. The number of alkyl halides is 1. The Morgan fingerprint density at radius 1 is 1.41 bits per heavy atom. The quantitative estimate of drug-likeness (QED) is 0.816. The van der Waals surface area contributed by atoms with Gasteiger partial charge in [-0.15, -0.1) is 11.6 Å². The number of carbonyl (C=O) groups excluding carboxylic acids is 1. The zero-order valence-corrected chi connectivity index (χ0v) is 13.2. The van der Waals surface area contributed by atoms with Gasteiger partial charge in [0.15, 0.2) is 0 Å². The van der Waals surface area contributed by atoms with Crippen LogP contribution in [0.3, 0.4) is 0 Å². The minimum absolute atomic E-state index is 0.0190. The summed E-state index contributed by atoms with van der Waals surface area (Å²) in [6.07, 6.45) is 1.87. The fraction of sp³-hybridized carbons (Fsp3) is 0.438. The Labute approximate surface area is 134 Å². The molecule has 6 heteroatoms. The van der Waals surface area contributed by atoms with Crippen LogP contribution in [0.2, 0.25) is 0 Å².